The highest BCUT2D eigenvalue weighted by Gasteiger charge is 2.07. The van der Waals surface area contributed by atoms with E-state index in [4.69, 9.17) is 5.73 Å². The molecule has 0 atom stereocenters. The Labute approximate surface area is 117 Å². The molecule has 2 aromatic rings. The zero-order valence-electron chi connectivity index (χ0n) is 11.0. The molecule has 102 valence electrons. The van der Waals surface area contributed by atoms with E-state index in [9.17, 15) is 9.59 Å². The van der Waals surface area contributed by atoms with Gasteiger partial charge in [0.15, 0.2) is 0 Å². The molecule has 0 aromatic heterocycles. The van der Waals surface area contributed by atoms with Crippen molar-refractivity contribution in [2.45, 2.75) is 6.42 Å². The van der Waals surface area contributed by atoms with Gasteiger partial charge in [-0.15, -0.1) is 0 Å². The Bertz CT molecular complexity index is 586. The molecule has 20 heavy (non-hydrogen) atoms. The predicted octanol–water partition coefficient (Wildman–Crippen LogP) is 1.96. The molecule has 2 amide bonds. The van der Waals surface area contributed by atoms with Gasteiger partial charge in [-0.05, 0) is 23.3 Å². The van der Waals surface area contributed by atoms with E-state index < -0.39 is 5.91 Å². The summed E-state index contributed by atoms with van der Waals surface area (Å²) in [6, 6.07) is 17.3. The number of benzene rings is 2. The summed E-state index contributed by atoms with van der Waals surface area (Å²) in [6.45, 7) is 0.888. The highest BCUT2D eigenvalue weighted by Crippen LogP contribution is 2.18. The SMILES string of the molecule is NC(=O)c1ccc(-c2ccccc2)cc1.O=C1CCN1. The molecule has 2 aromatic carbocycles. The van der Waals surface area contributed by atoms with Gasteiger partial charge >= 0.3 is 0 Å². The van der Waals surface area contributed by atoms with Crippen LogP contribution in [0.5, 0.6) is 0 Å². The van der Waals surface area contributed by atoms with E-state index in [1.807, 2.05) is 42.5 Å². The first-order valence-electron chi connectivity index (χ1n) is 6.39. The number of rotatable bonds is 2. The van der Waals surface area contributed by atoms with E-state index in [0.29, 0.717) is 5.56 Å². The summed E-state index contributed by atoms with van der Waals surface area (Å²) in [5.74, 6) is -0.209. The minimum Gasteiger partial charge on any atom is -0.366 e. The van der Waals surface area contributed by atoms with Crippen LogP contribution in [0, 0.1) is 0 Å². The predicted molar refractivity (Wildman–Crippen MR) is 78.0 cm³/mol. The number of amides is 2. The highest BCUT2D eigenvalue weighted by molar-refractivity contribution is 5.93. The summed E-state index contributed by atoms with van der Waals surface area (Å²) in [5, 5.41) is 2.57. The molecule has 0 radical (unpaired) electrons. The van der Waals surface area contributed by atoms with Gasteiger partial charge in [0.2, 0.25) is 11.8 Å². The maximum atomic E-state index is 10.9. The minimum atomic E-state index is -0.394. The van der Waals surface area contributed by atoms with Crippen molar-refractivity contribution >= 4 is 11.8 Å². The molecule has 0 unspecified atom stereocenters. The summed E-state index contributed by atoms with van der Waals surface area (Å²) in [4.78, 5) is 20.7. The smallest absolute Gasteiger partial charge is 0.248 e. The molecule has 1 aliphatic rings. The summed E-state index contributed by atoms with van der Waals surface area (Å²) >= 11 is 0. The number of primary amides is 1. The molecule has 3 N–H and O–H groups in total. The second-order valence-corrected chi connectivity index (χ2v) is 4.41. The van der Waals surface area contributed by atoms with Gasteiger partial charge in [-0.25, -0.2) is 0 Å². The molecule has 0 saturated carbocycles. The Morgan fingerprint density at radius 1 is 0.950 bits per heavy atom. The number of carbonyl (C=O) groups excluding carboxylic acids is 2. The van der Waals surface area contributed by atoms with E-state index in [0.717, 1.165) is 24.1 Å². The van der Waals surface area contributed by atoms with Gasteiger partial charge in [0.25, 0.3) is 0 Å². The van der Waals surface area contributed by atoms with Gasteiger partial charge in [0.05, 0.1) is 0 Å². The third-order valence-electron chi connectivity index (χ3n) is 2.95. The third kappa shape index (κ3) is 3.68. The largest absolute Gasteiger partial charge is 0.366 e. The normalized spacial score (nSPS) is 12.5. The molecule has 0 bridgehead atoms. The lowest BCUT2D eigenvalue weighted by Crippen LogP contribution is -2.37. The Morgan fingerprint density at radius 3 is 1.85 bits per heavy atom. The summed E-state index contributed by atoms with van der Waals surface area (Å²) in [5.41, 5.74) is 7.92. The Hall–Kier alpha value is -2.62. The van der Waals surface area contributed by atoms with Crippen molar-refractivity contribution in [2.24, 2.45) is 5.73 Å². The molecule has 4 nitrogen and oxygen atoms in total. The zero-order chi connectivity index (χ0) is 14.4. The van der Waals surface area contributed by atoms with E-state index in [2.05, 4.69) is 5.32 Å². The van der Waals surface area contributed by atoms with Crippen LogP contribution in [-0.2, 0) is 4.79 Å². The van der Waals surface area contributed by atoms with Gasteiger partial charge in [0, 0.05) is 18.5 Å². The lowest BCUT2D eigenvalue weighted by atomic mass is 10.0. The molecule has 1 heterocycles. The molecule has 0 aliphatic carbocycles. The first kappa shape index (κ1) is 13.8. The van der Waals surface area contributed by atoms with Crippen LogP contribution in [0.25, 0.3) is 11.1 Å². The number of nitrogens with one attached hydrogen (secondary N) is 1. The van der Waals surface area contributed by atoms with Crippen molar-refractivity contribution in [1.82, 2.24) is 5.32 Å². The van der Waals surface area contributed by atoms with Crippen LogP contribution in [0.1, 0.15) is 16.8 Å². The first-order chi connectivity index (χ1) is 9.66. The van der Waals surface area contributed by atoms with Crippen LogP contribution < -0.4 is 11.1 Å². The van der Waals surface area contributed by atoms with Crippen LogP contribution in [0.3, 0.4) is 0 Å². The number of hydrogen-bond donors (Lipinski definition) is 2. The van der Waals surface area contributed by atoms with E-state index in [-0.39, 0.29) is 5.91 Å². The quantitative estimate of drug-likeness (QED) is 0.817. The topological polar surface area (TPSA) is 72.2 Å². The lowest BCUT2D eigenvalue weighted by molar-refractivity contribution is -0.125. The van der Waals surface area contributed by atoms with Crippen LogP contribution in [0.4, 0.5) is 0 Å². The van der Waals surface area contributed by atoms with Gasteiger partial charge in [0.1, 0.15) is 0 Å². The molecular weight excluding hydrogens is 252 g/mol. The van der Waals surface area contributed by atoms with Crippen LogP contribution in [-0.4, -0.2) is 18.4 Å². The summed E-state index contributed by atoms with van der Waals surface area (Å²) in [6.07, 6.45) is 0.736. The van der Waals surface area contributed by atoms with Gasteiger partial charge in [-0.2, -0.15) is 0 Å². The fourth-order valence-corrected chi connectivity index (χ4v) is 1.68. The first-order valence-corrected chi connectivity index (χ1v) is 6.39. The fraction of sp³-hybridized carbons (Fsp3) is 0.125. The van der Waals surface area contributed by atoms with Crippen molar-refractivity contribution < 1.29 is 9.59 Å². The van der Waals surface area contributed by atoms with Crippen molar-refractivity contribution in [1.29, 1.82) is 0 Å². The number of hydrogen-bond acceptors (Lipinski definition) is 2. The molecular formula is C16H16N2O2. The van der Waals surface area contributed by atoms with Gasteiger partial charge < -0.3 is 11.1 Å². The van der Waals surface area contributed by atoms with Crippen LogP contribution in [0.15, 0.2) is 54.6 Å². The molecule has 3 rings (SSSR count). The number of nitrogens with two attached hydrogens (primary N) is 1. The maximum Gasteiger partial charge on any atom is 0.248 e. The molecule has 1 saturated heterocycles. The Morgan fingerprint density at radius 2 is 1.45 bits per heavy atom. The second kappa shape index (κ2) is 6.52. The highest BCUT2D eigenvalue weighted by atomic mass is 16.2. The van der Waals surface area contributed by atoms with Gasteiger partial charge in [-0.1, -0.05) is 42.5 Å². The standard InChI is InChI=1S/C13H11NO.C3H5NO/c14-13(15)12-8-6-11(7-9-12)10-4-2-1-3-5-10;5-3-1-2-4-3/h1-9H,(H2,14,15);1-2H2,(H,4,5). The number of carbonyl (C=O) groups is 2. The molecule has 4 heteroatoms. The maximum absolute atomic E-state index is 10.9. The lowest BCUT2D eigenvalue weighted by Gasteiger charge is -2.10. The Balaban J connectivity index is 0.000000247. The van der Waals surface area contributed by atoms with Crippen molar-refractivity contribution in [2.75, 3.05) is 6.54 Å². The average molecular weight is 268 g/mol. The van der Waals surface area contributed by atoms with E-state index in [1.54, 1.807) is 12.1 Å². The van der Waals surface area contributed by atoms with E-state index in [1.165, 1.54) is 0 Å². The zero-order valence-corrected chi connectivity index (χ0v) is 11.0. The van der Waals surface area contributed by atoms with Crippen molar-refractivity contribution in [3.63, 3.8) is 0 Å². The van der Waals surface area contributed by atoms with Crippen LogP contribution in [0.2, 0.25) is 0 Å². The summed E-state index contributed by atoms with van der Waals surface area (Å²) in [7, 11) is 0. The molecule has 1 aliphatic heterocycles. The molecule has 1 fully saturated rings. The number of β-lactam (4-membered cyclic amide) rings is 1. The minimum absolute atomic E-state index is 0.185. The third-order valence-corrected chi connectivity index (χ3v) is 2.95. The fourth-order valence-electron chi connectivity index (χ4n) is 1.68. The monoisotopic (exact) mass is 268 g/mol. The summed E-state index contributed by atoms with van der Waals surface area (Å²) < 4.78 is 0. The van der Waals surface area contributed by atoms with Crippen molar-refractivity contribution in [3.8, 4) is 11.1 Å². The molecule has 0 spiro atoms. The van der Waals surface area contributed by atoms with Crippen LogP contribution >= 0.6 is 0 Å². The van der Waals surface area contributed by atoms with E-state index >= 15 is 0 Å². The Kier molecular flexibility index (Phi) is 4.50. The van der Waals surface area contributed by atoms with Gasteiger partial charge in [-0.3, -0.25) is 9.59 Å². The average Bonchev–Trinajstić information content (AvgIpc) is 2.47. The van der Waals surface area contributed by atoms with Crippen molar-refractivity contribution in [3.05, 3.63) is 60.2 Å². The second-order valence-electron chi connectivity index (χ2n) is 4.41.